The molecule has 3 aromatic rings. The smallest absolute Gasteiger partial charge is 0.266 e. The Balaban J connectivity index is 1.81. The Morgan fingerprint density at radius 2 is 1.72 bits per heavy atom. The predicted molar refractivity (Wildman–Crippen MR) is 124 cm³/mol. The molecule has 0 atom stereocenters. The Bertz CT molecular complexity index is 1210. The number of hydrogen-bond acceptors (Lipinski definition) is 5. The minimum Gasteiger partial charge on any atom is -0.497 e. The maximum atomic E-state index is 13.2. The highest BCUT2D eigenvalue weighted by molar-refractivity contribution is 7.18. The number of ether oxygens (including phenoxy) is 1. The molecule has 0 saturated carbocycles. The van der Waals surface area contributed by atoms with Crippen LogP contribution in [0.2, 0.25) is 5.02 Å². The first-order valence-corrected chi connectivity index (χ1v) is 10.5. The number of carbonyl (C=O) groups is 3. The molecular formula is C22H19ClFN3O4S. The van der Waals surface area contributed by atoms with Crippen molar-refractivity contribution in [2.24, 2.45) is 0 Å². The lowest BCUT2D eigenvalue weighted by atomic mass is 10.2. The van der Waals surface area contributed by atoms with Gasteiger partial charge in [0.15, 0.2) is 0 Å². The zero-order valence-corrected chi connectivity index (χ0v) is 18.9. The number of hydrogen-bond donors (Lipinski definition) is 3. The van der Waals surface area contributed by atoms with E-state index in [0.717, 1.165) is 23.5 Å². The van der Waals surface area contributed by atoms with E-state index in [0.29, 0.717) is 32.6 Å². The number of methoxy groups -OCH3 is 1. The lowest BCUT2D eigenvalue weighted by Gasteiger charge is -2.13. The maximum absolute atomic E-state index is 13.2. The van der Waals surface area contributed by atoms with Crippen molar-refractivity contribution in [2.45, 2.75) is 13.8 Å². The van der Waals surface area contributed by atoms with Gasteiger partial charge in [-0.05, 0) is 48.9 Å². The van der Waals surface area contributed by atoms with Gasteiger partial charge in [-0.1, -0.05) is 11.6 Å². The molecule has 0 saturated heterocycles. The second-order valence-electron chi connectivity index (χ2n) is 6.75. The highest BCUT2D eigenvalue weighted by Crippen LogP contribution is 2.31. The van der Waals surface area contributed by atoms with E-state index in [1.54, 1.807) is 31.2 Å². The third kappa shape index (κ3) is 5.43. The standard InChI is InChI=1S/C22H19ClFN3O4S/c1-11-8-19(27-21(29)15-6-4-13(24)9-16(15)23)32-20(11)22(30)26-18-10-14(31-3)5-7-17(18)25-12(2)28/h4-10H,1-3H3,(H,25,28)(H,26,30)(H,27,29). The fourth-order valence-electron chi connectivity index (χ4n) is 2.85. The van der Waals surface area contributed by atoms with Gasteiger partial charge in [0.2, 0.25) is 5.91 Å². The predicted octanol–water partition coefficient (Wildman–Crippen LogP) is 5.32. The van der Waals surface area contributed by atoms with Gasteiger partial charge in [0, 0.05) is 13.0 Å². The summed E-state index contributed by atoms with van der Waals surface area (Å²) >= 11 is 7.01. The van der Waals surface area contributed by atoms with E-state index >= 15 is 0 Å². The van der Waals surface area contributed by atoms with Crippen molar-refractivity contribution < 1.29 is 23.5 Å². The summed E-state index contributed by atoms with van der Waals surface area (Å²) in [6.07, 6.45) is 0. The van der Waals surface area contributed by atoms with E-state index in [-0.39, 0.29) is 16.5 Å². The first-order chi connectivity index (χ1) is 15.2. The van der Waals surface area contributed by atoms with Crippen molar-refractivity contribution in [3.05, 3.63) is 69.3 Å². The Morgan fingerprint density at radius 1 is 0.969 bits per heavy atom. The molecule has 3 N–H and O–H groups in total. The van der Waals surface area contributed by atoms with E-state index in [1.807, 2.05) is 0 Å². The normalized spacial score (nSPS) is 10.4. The molecule has 1 aromatic heterocycles. The van der Waals surface area contributed by atoms with E-state index in [4.69, 9.17) is 16.3 Å². The van der Waals surface area contributed by atoms with Crippen LogP contribution in [0.5, 0.6) is 5.75 Å². The summed E-state index contributed by atoms with van der Waals surface area (Å²) in [6.45, 7) is 3.09. The molecule has 0 radical (unpaired) electrons. The summed E-state index contributed by atoms with van der Waals surface area (Å²) in [5, 5.41) is 8.49. The summed E-state index contributed by atoms with van der Waals surface area (Å²) in [6, 6.07) is 9.99. The van der Waals surface area contributed by atoms with Gasteiger partial charge in [0.05, 0.1) is 38.9 Å². The Morgan fingerprint density at radius 3 is 2.38 bits per heavy atom. The van der Waals surface area contributed by atoms with Gasteiger partial charge in [0.1, 0.15) is 11.6 Å². The van der Waals surface area contributed by atoms with Gasteiger partial charge in [-0.15, -0.1) is 11.3 Å². The quantitative estimate of drug-likeness (QED) is 0.449. The fourth-order valence-corrected chi connectivity index (χ4v) is 4.07. The minimum atomic E-state index is -0.548. The highest BCUT2D eigenvalue weighted by Gasteiger charge is 2.18. The van der Waals surface area contributed by atoms with E-state index < -0.39 is 17.6 Å². The average Bonchev–Trinajstić information content (AvgIpc) is 3.08. The first kappa shape index (κ1) is 23.2. The molecule has 0 spiro atoms. The lowest BCUT2D eigenvalue weighted by Crippen LogP contribution is -2.15. The molecule has 32 heavy (non-hydrogen) atoms. The molecule has 166 valence electrons. The van der Waals surface area contributed by atoms with Gasteiger partial charge >= 0.3 is 0 Å². The monoisotopic (exact) mass is 475 g/mol. The van der Waals surface area contributed by atoms with Crippen LogP contribution in [0.4, 0.5) is 20.8 Å². The number of carbonyl (C=O) groups excluding carboxylic acids is 3. The molecule has 3 amide bonds. The average molecular weight is 476 g/mol. The molecule has 10 heteroatoms. The van der Waals surface area contributed by atoms with Gasteiger partial charge in [-0.3, -0.25) is 14.4 Å². The number of amides is 3. The first-order valence-electron chi connectivity index (χ1n) is 9.31. The van der Waals surface area contributed by atoms with E-state index in [1.165, 1.54) is 20.1 Å². The Kier molecular flexibility index (Phi) is 7.12. The van der Waals surface area contributed by atoms with E-state index in [9.17, 15) is 18.8 Å². The van der Waals surface area contributed by atoms with Crippen molar-refractivity contribution in [3.63, 3.8) is 0 Å². The van der Waals surface area contributed by atoms with Crippen LogP contribution in [-0.2, 0) is 4.79 Å². The van der Waals surface area contributed by atoms with Crippen LogP contribution in [0.3, 0.4) is 0 Å². The Labute approximate surface area is 192 Å². The summed E-state index contributed by atoms with van der Waals surface area (Å²) in [7, 11) is 1.49. The number of halogens is 2. The number of benzene rings is 2. The van der Waals surface area contributed by atoms with Crippen LogP contribution in [-0.4, -0.2) is 24.8 Å². The molecule has 1 heterocycles. The SMILES string of the molecule is COc1ccc(NC(C)=O)c(NC(=O)c2sc(NC(=O)c3ccc(F)cc3Cl)cc2C)c1. The zero-order valence-electron chi connectivity index (χ0n) is 17.3. The third-order valence-corrected chi connectivity index (χ3v) is 5.79. The molecule has 2 aromatic carbocycles. The van der Waals surface area contributed by atoms with Gasteiger partial charge in [-0.25, -0.2) is 4.39 Å². The Hall–Kier alpha value is -3.43. The lowest BCUT2D eigenvalue weighted by molar-refractivity contribution is -0.114. The summed E-state index contributed by atoms with van der Waals surface area (Å²) in [5.74, 6) is -1.28. The number of rotatable bonds is 6. The van der Waals surface area contributed by atoms with E-state index in [2.05, 4.69) is 16.0 Å². The zero-order chi connectivity index (χ0) is 23.4. The van der Waals surface area contributed by atoms with Crippen molar-refractivity contribution in [2.75, 3.05) is 23.1 Å². The van der Waals surface area contributed by atoms with Crippen LogP contribution in [0.15, 0.2) is 42.5 Å². The van der Waals surface area contributed by atoms with Crippen LogP contribution < -0.4 is 20.7 Å². The van der Waals surface area contributed by atoms with Crippen LogP contribution >= 0.6 is 22.9 Å². The molecule has 0 aliphatic heterocycles. The summed E-state index contributed by atoms with van der Waals surface area (Å²) in [4.78, 5) is 37.2. The highest BCUT2D eigenvalue weighted by atomic mass is 35.5. The molecular weight excluding hydrogens is 457 g/mol. The molecule has 0 fully saturated rings. The van der Waals surface area contributed by atoms with Crippen molar-refractivity contribution in [1.29, 1.82) is 0 Å². The minimum absolute atomic E-state index is 0.0164. The topological polar surface area (TPSA) is 96.5 Å². The van der Waals surface area contributed by atoms with Crippen molar-refractivity contribution >= 4 is 57.0 Å². The molecule has 0 bridgehead atoms. The molecule has 3 rings (SSSR count). The van der Waals surface area contributed by atoms with Crippen LogP contribution in [0.25, 0.3) is 0 Å². The maximum Gasteiger partial charge on any atom is 0.266 e. The largest absolute Gasteiger partial charge is 0.497 e. The molecule has 7 nitrogen and oxygen atoms in total. The molecule has 0 aliphatic rings. The van der Waals surface area contributed by atoms with Crippen LogP contribution in [0, 0.1) is 12.7 Å². The number of aryl methyl sites for hydroxylation is 1. The van der Waals surface area contributed by atoms with Gasteiger partial charge in [0.25, 0.3) is 11.8 Å². The van der Waals surface area contributed by atoms with Gasteiger partial charge < -0.3 is 20.7 Å². The third-order valence-electron chi connectivity index (χ3n) is 4.32. The van der Waals surface area contributed by atoms with Crippen molar-refractivity contribution in [1.82, 2.24) is 0 Å². The fraction of sp³-hybridized carbons (Fsp3) is 0.136. The number of thiophene rings is 1. The second kappa shape index (κ2) is 9.80. The summed E-state index contributed by atoms with van der Waals surface area (Å²) < 4.78 is 18.4. The number of nitrogens with one attached hydrogen (secondary N) is 3. The summed E-state index contributed by atoms with van der Waals surface area (Å²) in [5.41, 5.74) is 1.53. The molecule has 0 unspecified atom stereocenters. The number of anilines is 3. The van der Waals surface area contributed by atoms with Gasteiger partial charge in [-0.2, -0.15) is 0 Å². The van der Waals surface area contributed by atoms with Crippen molar-refractivity contribution in [3.8, 4) is 5.75 Å². The molecule has 0 aliphatic carbocycles. The second-order valence-corrected chi connectivity index (χ2v) is 8.21. The van der Waals surface area contributed by atoms with Crippen LogP contribution in [0.1, 0.15) is 32.5 Å².